The molecule has 8 heteroatoms. The summed E-state index contributed by atoms with van der Waals surface area (Å²) in [5.74, 6) is 0.550. The molecule has 2 amide bonds. The van der Waals surface area contributed by atoms with Crippen molar-refractivity contribution in [1.29, 1.82) is 0 Å². The third-order valence-electron chi connectivity index (χ3n) is 4.84. The van der Waals surface area contributed by atoms with E-state index in [-0.39, 0.29) is 11.8 Å². The number of anilines is 1. The number of amides is 2. The highest BCUT2D eigenvalue weighted by Crippen LogP contribution is 2.47. The zero-order chi connectivity index (χ0) is 17.9. The van der Waals surface area contributed by atoms with Gasteiger partial charge in [-0.3, -0.25) is 9.59 Å². The average Bonchev–Trinajstić information content (AvgIpc) is 3.43. The molecule has 0 bridgehead atoms. The van der Waals surface area contributed by atoms with Crippen LogP contribution in [0.1, 0.15) is 12.8 Å². The van der Waals surface area contributed by atoms with Gasteiger partial charge in [-0.15, -0.1) is 0 Å². The highest BCUT2D eigenvalue weighted by atomic mass is 16.2. The van der Waals surface area contributed by atoms with Gasteiger partial charge in [0.25, 0.3) is 0 Å². The van der Waals surface area contributed by atoms with E-state index >= 15 is 0 Å². The van der Waals surface area contributed by atoms with Crippen LogP contribution in [0.4, 0.5) is 5.95 Å². The number of hydrogen-bond donors (Lipinski definition) is 1. The SMILES string of the molecule is CN(C)CCNC(=O)C1(C(=O)N2CCN(c3ncccn3)CC2)CC1. The van der Waals surface area contributed by atoms with Gasteiger partial charge in [0.15, 0.2) is 0 Å². The van der Waals surface area contributed by atoms with Crippen LogP contribution in [0.15, 0.2) is 18.5 Å². The fourth-order valence-electron chi connectivity index (χ4n) is 3.09. The van der Waals surface area contributed by atoms with Crippen LogP contribution < -0.4 is 10.2 Å². The van der Waals surface area contributed by atoms with Gasteiger partial charge in [0.1, 0.15) is 5.41 Å². The van der Waals surface area contributed by atoms with Crippen molar-refractivity contribution in [2.24, 2.45) is 5.41 Å². The van der Waals surface area contributed by atoms with Crippen LogP contribution in [0, 0.1) is 5.41 Å². The van der Waals surface area contributed by atoms with Crippen molar-refractivity contribution in [3.63, 3.8) is 0 Å². The Hall–Kier alpha value is -2.22. The summed E-state index contributed by atoms with van der Waals surface area (Å²) >= 11 is 0. The van der Waals surface area contributed by atoms with E-state index in [9.17, 15) is 9.59 Å². The van der Waals surface area contributed by atoms with Crippen molar-refractivity contribution in [3.05, 3.63) is 18.5 Å². The summed E-state index contributed by atoms with van der Waals surface area (Å²) in [5, 5.41) is 2.91. The molecule has 2 heterocycles. The van der Waals surface area contributed by atoms with Gasteiger partial charge in [0, 0.05) is 51.7 Å². The fourth-order valence-corrected chi connectivity index (χ4v) is 3.09. The third kappa shape index (κ3) is 3.89. The van der Waals surface area contributed by atoms with Crippen molar-refractivity contribution in [1.82, 2.24) is 25.1 Å². The first-order chi connectivity index (χ1) is 12.0. The minimum Gasteiger partial charge on any atom is -0.354 e. The number of nitrogens with zero attached hydrogens (tertiary/aromatic N) is 5. The molecule has 0 radical (unpaired) electrons. The molecule has 1 N–H and O–H groups in total. The molecule has 1 saturated heterocycles. The second-order valence-corrected chi connectivity index (χ2v) is 6.97. The Balaban J connectivity index is 1.53. The van der Waals surface area contributed by atoms with E-state index in [4.69, 9.17) is 0 Å². The van der Waals surface area contributed by atoms with Crippen LogP contribution >= 0.6 is 0 Å². The number of likely N-dealkylation sites (N-methyl/N-ethyl adjacent to an activating group) is 1. The quantitative estimate of drug-likeness (QED) is 0.705. The molecule has 1 saturated carbocycles. The highest BCUT2D eigenvalue weighted by Gasteiger charge is 2.58. The molecule has 8 nitrogen and oxygen atoms in total. The Kier molecular flexibility index (Phi) is 5.17. The fraction of sp³-hybridized carbons (Fsp3) is 0.647. The van der Waals surface area contributed by atoms with Gasteiger partial charge in [0.2, 0.25) is 17.8 Å². The second kappa shape index (κ2) is 7.35. The van der Waals surface area contributed by atoms with Crippen LogP contribution in [0.5, 0.6) is 0 Å². The van der Waals surface area contributed by atoms with Crippen LogP contribution in [-0.2, 0) is 9.59 Å². The van der Waals surface area contributed by atoms with Crippen molar-refractivity contribution >= 4 is 17.8 Å². The monoisotopic (exact) mass is 346 g/mol. The maximum Gasteiger partial charge on any atom is 0.238 e. The Morgan fingerprint density at radius 3 is 2.36 bits per heavy atom. The van der Waals surface area contributed by atoms with Crippen LogP contribution in [0.2, 0.25) is 0 Å². The smallest absolute Gasteiger partial charge is 0.238 e. The average molecular weight is 346 g/mol. The van der Waals surface area contributed by atoms with Gasteiger partial charge in [-0.25, -0.2) is 9.97 Å². The summed E-state index contributed by atoms with van der Waals surface area (Å²) in [6.07, 6.45) is 4.75. The molecule has 136 valence electrons. The van der Waals surface area contributed by atoms with Gasteiger partial charge in [0.05, 0.1) is 0 Å². The van der Waals surface area contributed by atoms with Crippen molar-refractivity contribution in [3.8, 4) is 0 Å². The second-order valence-electron chi connectivity index (χ2n) is 6.97. The summed E-state index contributed by atoms with van der Waals surface area (Å²) in [4.78, 5) is 39.7. The maximum atomic E-state index is 12.9. The number of carbonyl (C=O) groups excluding carboxylic acids is 2. The Bertz CT molecular complexity index is 609. The summed E-state index contributed by atoms with van der Waals surface area (Å²) in [6, 6.07) is 1.79. The third-order valence-corrected chi connectivity index (χ3v) is 4.84. The molecule has 0 unspecified atom stereocenters. The molecular weight excluding hydrogens is 320 g/mol. The number of piperazine rings is 1. The first-order valence-corrected chi connectivity index (χ1v) is 8.77. The lowest BCUT2D eigenvalue weighted by Crippen LogP contribution is -2.53. The van der Waals surface area contributed by atoms with E-state index in [1.807, 2.05) is 23.9 Å². The number of aromatic nitrogens is 2. The molecule has 1 aromatic rings. The number of nitrogens with one attached hydrogen (secondary N) is 1. The lowest BCUT2D eigenvalue weighted by atomic mass is 10.0. The Morgan fingerprint density at radius 1 is 1.16 bits per heavy atom. The summed E-state index contributed by atoms with van der Waals surface area (Å²) in [6.45, 7) is 3.92. The molecule has 3 rings (SSSR count). The Morgan fingerprint density at radius 2 is 1.80 bits per heavy atom. The predicted octanol–water partition coefficient (Wildman–Crippen LogP) is -0.417. The van der Waals surface area contributed by atoms with Gasteiger partial charge in [-0.2, -0.15) is 0 Å². The molecule has 0 atom stereocenters. The summed E-state index contributed by atoms with van der Waals surface area (Å²) < 4.78 is 0. The predicted molar refractivity (Wildman–Crippen MR) is 94.1 cm³/mol. The molecule has 25 heavy (non-hydrogen) atoms. The lowest BCUT2D eigenvalue weighted by Gasteiger charge is -2.36. The molecule has 1 aromatic heterocycles. The molecule has 0 spiro atoms. The minimum atomic E-state index is -0.822. The normalized spacial score (nSPS) is 19.0. The molecule has 1 aliphatic carbocycles. The largest absolute Gasteiger partial charge is 0.354 e. The maximum absolute atomic E-state index is 12.9. The highest BCUT2D eigenvalue weighted by molar-refractivity contribution is 6.07. The van der Waals surface area contributed by atoms with Crippen molar-refractivity contribution < 1.29 is 9.59 Å². The topological polar surface area (TPSA) is 81.7 Å². The summed E-state index contributed by atoms with van der Waals surface area (Å²) in [5.41, 5.74) is -0.822. The van der Waals surface area contributed by atoms with E-state index in [0.29, 0.717) is 51.5 Å². The Labute approximate surface area is 148 Å². The lowest BCUT2D eigenvalue weighted by molar-refractivity contribution is -0.144. The number of rotatable bonds is 6. The van der Waals surface area contributed by atoms with E-state index < -0.39 is 5.41 Å². The standard InChI is InChI=1S/C17H26N6O2/c1-21(2)9-8-18-14(24)17(4-5-17)15(25)22-10-12-23(13-11-22)16-19-6-3-7-20-16/h3,6-7H,4-5,8-13H2,1-2H3,(H,18,24). The number of carbonyl (C=O) groups is 2. The first-order valence-electron chi connectivity index (χ1n) is 8.77. The van der Waals surface area contributed by atoms with Crippen LogP contribution in [0.3, 0.4) is 0 Å². The van der Waals surface area contributed by atoms with Gasteiger partial charge in [-0.05, 0) is 33.0 Å². The molecule has 2 fully saturated rings. The molecule has 2 aliphatic rings. The van der Waals surface area contributed by atoms with Crippen molar-refractivity contribution in [2.45, 2.75) is 12.8 Å². The van der Waals surface area contributed by atoms with E-state index in [2.05, 4.69) is 20.2 Å². The van der Waals surface area contributed by atoms with Crippen LogP contribution in [0.25, 0.3) is 0 Å². The molecular formula is C17H26N6O2. The van der Waals surface area contributed by atoms with Crippen LogP contribution in [-0.4, -0.2) is 84.9 Å². The van der Waals surface area contributed by atoms with E-state index in [1.54, 1.807) is 18.5 Å². The zero-order valence-corrected chi connectivity index (χ0v) is 14.9. The van der Waals surface area contributed by atoms with Gasteiger partial charge in [-0.1, -0.05) is 0 Å². The van der Waals surface area contributed by atoms with E-state index in [0.717, 1.165) is 6.54 Å². The van der Waals surface area contributed by atoms with E-state index in [1.165, 1.54) is 0 Å². The molecule has 0 aromatic carbocycles. The molecule has 1 aliphatic heterocycles. The number of hydrogen-bond acceptors (Lipinski definition) is 6. The van der Waals surface area contributed by atoms with Gasteiger partial charge >= 0.3 is 0 Å². The zero-order valence-electron chi connectivity index (χ0n) is 14.9. The van der Waals surface area contributed by atoms with Gasteiger partial charge < -0.3 is 20.0 Å². The first kappa shape index (κ1) is 17.6. The van der Waals surface area contributed by atoms with Crippen molar-refractivity contribution in [2.75, 3.05) is 58.3 Å². The minimum absolute atomic E-state index is 0.0246. The summed E-state index contributed by atoms with van der Waals surface area (Å²) in [7, 11) is 3.92.